The van der Waals surface area contributed by atoms with Crippen molar-refractivity contribution in [2.75, 3.05) is 33.7 Å². The molecule has 1 fully saturated rings. The third-order valence-corrected chi connectivity index (χ3v) is 4.81. The summed E-state index contributed by atoms with van der Waals surface area (Å²) in [7, 11) is 3.76. The molecule has 7 nitrogen and oxygen atoms in total. The third kappa shape index (κ3) is 5.57. The number of carbonyl (C=O) groups excluding carboxylic acids is 2. The largest absolute Gasteiger partial charge is 0.353 e. The molecule has 0 atom stereocenters. The Morgan fingerprint density at radius 3 is 2.52 bits per heavy atom. The molecule has 3 rings (SSSR count). The van der Waals surface area contributed by atoms with Crippen LogP contribution in [-0.4, -0.2) is 61.3 Å². The SMILES string of the molecule is CN=C(NCc1ccc(C(=O)N2CCNC(=O)C2)cc1)N(C)Cc1ccccc1. The Balaban J connectivity index is 1.54. The van der Waals surface area contributed by atoms with E-state index in [0.717, 1.165) is 18.1 Å². The highest BCUT2D eigenvalue weighted by Gasteiger charge is 2.22. The van der Waals surface area contributed by atoms with Crippen LogP contribution >= 0.6 is 0 Å². The number of amides is 2. The molecule has 1 aliphatic heterocycles. The van der Waals surface area contributed by atoms with Gasteiger partial charge in [-0.1, -0.05) is 42.5 Å². The van der Waals surface area contributed by atoms with Gasteiger partial charge < -0.3 is 20.4 Å². The first-order valence-electron chi connectivity index (χ1n) is 9.67. The Kier molecular flexibility index (Phi) is 6.84. The first-order chi connectivity index (χ1) is 14.1. The lowest BCUT2D eigenvalue weighted by Crippen LogP contribution is -2.49. The average molecular weight is 393 g/mol. The summed E-state index contributed by atoms with van der Waals surface area (Å²) in [5.74, 6) is 0.572. The van der Waals surface area contributed by atoms with Crippen molar-refractivity contribution < 1.29 is 9.59 Å². The quantitative estimate of drug-likeness (QED) is 0.596. The molecule has 2 N–H and O–H groups in total. The van der Waals surface area contributed by atoms with Gasteiger partial charge in [0.05, 0.1) is 6.54 Å². The van der Waals surface area contributed by atoms with Crippen LogP contribution in [0.5, 0.6) is 0 Å². The number of benzene rings is 2. The molecule has 0 spiro atoms. The molecule has 29 heavy (non-hydrogen) atoms. The van der Waals surface area contributed by atoms with Crippen LogP contribution in [0.3, 0.4) is 0 Å². The van der Waals surface area contributed by atoms with Gasteiger partial charge in [-0.05, 0) is 23.3 Å². The van der Waals surface area contributed by atoms with E-state index in [4.69, 9.17) is 0 Å². The summed E-state index contributed by atoms with van der Waals surface area (Å²) in [6.45, 7) is 2.52. The van der Waals surface area contributed by atoms with Gasteiger partial charge in [0.2, 0.25) is 5.91 Å². The maximum absolute atomic E-state index is 12.5. The zero-order valence-corrected chi connectivity index (χ0v) is 16.9. The summed E-state index contributed by atoms with van der Waals surface area (Å²) in [5, 5.41) is 6.08. The molecular formula is C22H27N5O2. The zero-order valence-electron chi connectivity index (χ0n) is 16.9. The number of hydrogen-bond acceptors (Lipinski definition) is 3. The average Bonchev–Trinajstić information content (AvgIpc) is 2.75. The van der Waals surface area contributed by atoms with Gasteiger partial charge in [0.15, 0.2) is 5.96 Å². The van der Waals surface area contributed by atoms with Crippen LogP contribution in [0.4, 0.5) is 0 Å². The fourth-order valence-electron chi connectivity index (χ4n) is 3.26. The summed E-state index contributed by atoms with van der Waals surface area (Å²) in [4.78, 5) is 32.0. The lowest BCUT2D eigenvalue weighted by Gasteiger charge is -2.26. The van der Waals surface area contributed by atoms with Crippen LogP contribution in [0.1, 0.15) is 21.5 Å². The van der Waals surface area contributed by atoms with E-state index < -0.39 is 0 Å². The Hall–Kier alpha value is -3.35. The van der Waals surface area contributed by atoms with Crippen molar-refractivity contribution in [1.29, 1.82) is 0 Å². The minimum Gasteiger partial charge on any atom is -0.353 e. The second kappa shape index (κ2) is 9.73. The fraction of sp³-hybridized carbons (Fsp3) is 0.318. The minimum atomic E-state index is -0.114. The predicted molar refractivity (Wildman–Crippen MR) is 113 cm³/mol. The van der Waals surface area contributed by atoms with E-state index in [2.05, 4.69) is 32.7 Å². The number of guanidine groups is 1. The van der Waals surface area contributed by atoms with Crippen molar-refractivity contribution in [3.63, 3.8) is 0 Å². The summed E-state index contributed by atoms with van der Waals surface area (Å²) < 4.78 is 0. The van der Waals surface area contributed by atoms with E-state index in [-0.39, 0.29) is 18.4 Å². The van der Waals surface area contributed by atoms with Crippen molar-refractivity contribution in [3.8, 4) is 0 Å². The molecule has 0 aromatic heterocycles. The number of hydrogen-bond donors (Lipinski definition) is 2. The van der Waals surface area contributed by atoms with E-state index in [9.17, 15) is 9.59 Å². The lowest BCUT2D eigenvalue weighted by atomic mass is 10.1. The zero-order chi connectivity index (χ0) is 20.6. The summed E-state index contributed by atoms with van der Waals surface area (Å²) >= 11 is 0. The number of piperazine rings is 1. The number of rotatable bonds is 5. The molecule has 0 radical (unpaired) electrons. The topological polar surface area (TPSA) is 77.0 Å². The van der Waals surface area contributed by atoms with Crippen LogP contribution in [0, 0.1) is 0 Å². The summed E-state index contributed by atoms with van der Waals surface area (Å²) in [6, 6.07) is 17.7. The van der Waals surface area contributed by atoms with Gasteiger partial charge in [0.1, 0.15) is 0 Å². The second-order valence-electron chi connectivity index (χ2n) is 7.02. The van der Waals surface area contributed by atoms with Crippen LogP contribution in [0.15, 0.2) is 59.6 Å². The van der Waals surface area contributed by atoms with Crippen molar-refractivity contribution >= 4 is 17.8 Å². The highest BCUT2D eigenvalue weighted by molar-refractivity contribution is 5.97. The number of aliphatic imine (C=N–C) groups is 1. The van der Waals surface area contributed by atoms with E-state index in [1.807, 2.05) is 49.5 Å². The van der Waals surface area contributed by atoms with Gasteiger partial charge in [0.25, 0.3) is 5.91 Å². The Morgan fingerprint density at radius 2 is 1.86 bits per heavy atom. The van der Waals surface area contributed by atoms with Gasteiger partial charge in [-0.3, -0.25) is 14.6 Å². The Labute approximate surface area is 171 Å². The predicted octanol–water partition coefficient (Wildman–Crippen LogP) is 1.47. The molecule has 0 saturated carbocycles. The van der Waals surface area contributed by atoms with E-state index in [1.54, 1.807) is 11.9 Å². The van der Waals surface area contributed by atoms with Crippen LogP contribution in [0.2, 0.25) is 0 Å². The second-order valence-corrected chi connectivity index (χ2v) is 7.02. The molecule has 2 amide bonds. The first-order valence-corrected chi connectivity index (χ1v) is 9.67. The van der Waals surface area contributed by atoms with Crippen molar-refractivity contribution in [1.82, 2.24) is 20.4 Å². The minimum absolute atomic E-state index is 0.113. The van der Waals surface area contributed by atoms with Gasteiger partial charge >= 0.3 is 0 Å². The lowest BCUT2D eigenvalue weighted by molar-refractivity contribution is -0.123. The molecular weight excluding hydrogens is 366 g/mol. The molecule has 7 heteroatoms. The van der Waals surface area contributed by atoms with E-state index in [0.29, 0.717) is 25.2 Å². The number of nitrogens with zero attached hydrogens (tertiary/aromatic N) is 3. The van der Waals surface area contributed by atoms with Crippen molar-refractivity contribution in [2.24, 2.45) is 4.99 Å². The summed E-state index contributed by atoms with van der Waals surface area (Å²) in [5.41, 5.74) is 2.86. The fourth-order valence-corrected chi connectivity index (χ4v) is 3.26. The van der Waals surface area contributed by atoms with E-state index >= 15 is 0 Å². The normalized spacial score (nSPS) is 14.3. The van der Waals surface area contributed by atoms with Gasteiger partial charge in [-0.15, -0.1) is 0 Å². The number of carbonyl (C=O) groups is 2. The third-order valence-electron chi connectivity index (χ3n) is 4.81. The maximum Gasteiger partial charge on any atom is 0.254 e. The molecule has 1 saturated heterocycles. The Bertz CT molecular complexity index is 865. The van der Waals surface area contributed by atoms with Crippen molar-refractivity contribution in [2.45, 2.75) is 13.1 Å². The molecule has 2 aromatic carbocycles. The van der Waals surface area contributed by atoms with Crippen LogP contribution < -0.4 is 10.6 Å². The Morgan fingerprint density at radius 1 is 1.14 bits per heavy atom. The van der Waals surface area contributed by atoms with Gasteiger partial charge in [-0.2, -0.15) is 0 Å². The highest BCUT2D eigenvalue weighted by Crippen LogP contribution is 2.09. The molecule has 1 aliphatic rings. The first kappa shape index (κ1) is 20.4. The molecule has 152 valence electrons. The monoisotopic (exact) mass is 393 g/mol. The molecule has 0 aliphatic carbocycles. The smallest absolute Gasteiger partial charge is 0.254 e. The van der Waals surface area contributed by atoms with Crippen molar-refractivity contribution in [3.05, 3.63) is 71.3 Å². The molecule has 0 unspecified atom stereocenters. The summed E-state index contributed by atoms with van der Waals surface area (Å²) in [6.07, 6.45) is 0. The molecule has 1 heterocycles. The van der Waals surface area contributed by atoms with Crippen LogP contribution in [0.25, 0.3) is 0 Å². The highest BCUT2D eigenvalue weighted by atomic mass is 16.2. The van der Waals surface area contributed by atoms with E-state index in [1.165, 1.54) is 5.56 Å². The molecule has 0 bridgehead atoms. The van der Waals surface area contributed by atoms with Gasteiger partial charge in [0, 0.05) is 45.8 Å². The molecule has 2 aromatic rings. The maximum atomic E-state index is 12.5. The van der Waals surface area contributed by atoms with Crippen LogP contribution in [-0.2, 0) is 17.9 Å². The number of nitrogens with one attached hydrogen (secondary N) is 2. The standard InChI is InChI=1S/C22H27N5O2/c1-23-22(26(2)15-18-6-4-3-5-7-18)25-14-17-8-10-19(11-9-17)21(29)27-13-12-24-20(28)16-27/h3-11H,12-16H2,1-2H3,(H,23,25)(H,24,28). The van der Waals surface area contributed by atoms with Gasteiger partial charge in [-0.25, -0.2) is 0 Å².